The topological polar surface area (TPSA) is 29.5 Å². The van der Waals surface area contributed by atoms with E-state index in [1.165, 1.54) is 89.9 Å². The van der Waals surface area contributed by atoms with Gasteiger partial charge in [-0.15, -0.1) is 0 Å². The first-order valence-electron chi connectivity index (χ1n) is 13.4. The molecule has 2 aliphatic rings. The van der Waals surface area contributed by atoms with Gasteiger partial charge in [0.1, 0.15) is 0 Å². The molecule has 2 fully saturated rings. The van der Waals surface area contributed by atoms with Crippen molar-refractivity contribution in [3.05, 3.63) is 14.9 Å². The first-order chi connectivity index (χ1) is 14.2. The molecule has 0 bridgehead atoms. The van der Waals surface area contributed by atoms with Gasteiger partial charge in [0.05, 0.1) is 0 Å². The van der Waals surface area contributed by atoms with Crippen molar-refractivity contribution in [3.63, 3.8) is 0 Å². The number of hydrogen-bond donors (Lipinski definition) is 1. The zero-order valence-electron chi connectivity index (χ0n) is 22.7. The predicted molar refractivity (Wildman–Crippen MR) is 144 cm³/mol. The van der Waals surface area contributed by atoms with E-state index in [1.807, 2.05) is 0 Å². The van der Waals surface area contributed by atoms with Gasteiger partial charge in [-0.1, -0.05) is 32.1 Å². The van der Waals surface area contributed by atoms with E-state index in [4.69, 9.17) is 9.84 Å². The molecule has 0 radical (unpaired) electrons. The maximum Gasteiger partial charge on any atom is 2.00 e. The number of unbranched alkanes of at least 4 members (excludes halogenated alkanes) is 3. The summed E-state index contributed by atoms with van der Waals surface area (Å²) in [6, 6.07) is 0. The van der Waals surface area contributed by atoms with E-state index in [1.54, 1.807) is 13.3 Å². The van der Waals surface area contributed by atoms with Crippen LogP contribution in [0.2, 0.25) is 17.2 Å². The molecule has 2 atom stereocenters. The molecular weight excluding hydrogens is 543 g/mol. The molecule has 196 valence electrons. The van der Waals surface area contributed by atoms with Crippen LogP contribution in [0.5, 0.6) is 0 Å². The molecule has 0 aromatic heterocycles. The van der Waals surface area contributed by atoms with Crippen LogP contribution < -0.4 is 0 Å². The van der Waals surface area contributed by atoms with Gasteiger partial charge >= 0.3 is 173 Å². The molecule has 0 aromatic carbocycles. The van der Waals surface area contributed by atoms with Crippen LogP contribution >= 0.6 is 0 Å². The summed E-state index contributed by atoms with van der Waals surface area (Å²) in [5, 5.41) is 8.96. The van der Waals surface area contributed by atoms with Crippen LogP contribution in [0.15, 0.2) is 0 Å². The van der Waals surface area contributed by atoms with Crippen LogP contribution in [0.4, 0.5) is 0 Å². The third-order valence-electron chi connectivity index (χ3n) is 7.56. The van der Waals surface area contributed by atoms with Crippen LogP contribution in [-0.4, -0.2) is 43.3 Å². The molecule has 2 nitrogen and oxygen atoms in total. The summed E-state index contributed by atoms with van der Waals surface area (Å²) in [6.07, 6.45) is 21.3. The molecule has 0 heterocycles. The fourth-order valence-electron chi connectivity index (χ4n) is 5.85. The number of aliphatic hydroxyl groups is 1. The normalized spacial score (nSPS) is 19.9. The molecule has 0 spiro atoms. The smallest absolute Gasteiger partial charge is 0.358 e. The van der Waals surface area contributed by atoms with E-state index >= 15 is 0 Å². The first-order valence-corrected chi connectivity index (χ1v) is 21.1. The molecule has 32 heavy (non-hydrogen) atoms. The van der Waals surface area contributed by atoms with Crippen molar-refractivity contribution in [2.24, 2.45) is 5.92 Å². The van der Waals surface area contributed by atoms with Crippen molar-refractivity contribution >= 4 is 18.4 Å². The standard InChI is InChI=1S/C9H17O2.C5H10.3C4H9.2CH3.Fe.Sn/c10-6-3-7-11-8-9-4-1-2-5-9;1-2-4-5-3-1;3*1-3-4-2;;;;/h4,9-10H,1-3,5-8H2;1-5H2;3*1,3-4H2,2H3;2*1H3;;/q;;;;;2*-1;+2;. The van der Waals surface area contributed by atoms with Gasteiger partial charge in [0.2, 0.25) is 0 Å². The summed E-state index contributed by atoms with van der Waals surface area (Å²) < 4.78 is 12.0. The third-order valence-corrected chi connectivity index (χ3v) is 25.8. The second-order valence-corrected chi connectivity index (χ2v) is 24.1. The molecule has 2 unspecified atom stereocenters. The average Bonchev–Trinajstić information content (AvgIpc) is 3.46. The maximum atomic E-state index is 8.96. The fourth-order valence-corrected chi connectivity index (χ4v) is 26.2. The summed E-state index contributed by atoms with van der Waals surface area (Å²) in [6.45, 7) is 9.12. The van der Waals surface area contributed by atoms with Gasteiger partial charge in [-0.3, -0.25) is 0 Å². The minimum absolute atomic E-state index is 0. The largest absolute Gasteiger partial charge is 2.00 e. The van der Waals surface area contributed by atoms with Gasteiger partial charge < -0.3 is 14.9 Å². The molecule has 4 heteroatoms. The molecule has 2 saturated carbocycles. The van der Waals surface area contributed by atoms with Gasteiger partial charge in [-0.25, -0.2) is 0 Å². The molecular formula is C28H60FeO2Sn. The van der Waals surface area contributed by atoms with Crippen LogP contribution in [0.1, 0.15) is 117 Å². The molecule has 0 aliphatic heterocycles. The summed E-state index contributed by atoms with van der Waals surface area (Å²) in [5.41, 5.74) is 0. The van der Waals surface area contributed by atoms with Crippen molar-refractivity contribution in [3.8, 4) is 0 Å². The molecule has 0 aromatic rings. The van der Waals surface area contributed by atoms with Crippen molar-refractivity contribution < 1.29 is 26.9 Å². The van der Waals surface area contributed by atoms with E-state index in [-0.39, 0.29) is 38.5 Å². The van der Waals surface area contributed by atoms with Crippen molar-refractivity contribution in [2.45, 2.75) is 134 Å². The van der Waals surface area contributed by atoms with Crippen molar-refractivity contribution in [1.29, 1.82) is 0 Å². The van der Waals surface area contributed by atoms with Crippen molar-refractivity contribution in [1.82, 2.24) is 0 Å². The summed E-state index contributed by atoms with van der Waals surface area (Å²) in [7, 11) is 0. The number of ether oxygens (including phenoxy) is 1. The number of aliphatic hydroxyl groups excluding tert-OH is 1. The van der Waals surface area contributed by atoms with Gasteiger partial charge in [0.15, 0.2) is 0 Å². The SMILES string of the molecule is C1CCCC1.CCC[CH2][Sn]([CH2]CCC)([CH2]CCC)[CH]1CCCC1COCCCO.[CH3-].[CH3-].[Fe+2]. The molecule has 2 aliphatic carbocycles. The van der Waals surface area contributed by atoms with Gasteiger partial charge in [0.25, 0.3) is 0 Å². The van der Waals surface area contributed by atoms with E-state index in [2.05, 4.69) is 20.8 Å². The minimum Gasteiger partial charge on any atom is -0.358 e. The van der Waals surface area contributed by atoms with Gasteiger partial charge in [-0.2, -0.15) is 0 Å². The van der Waals surface area contributed by atoms with E-state index in [0.29, 0.717) is 0 Å². The Hall–Kier alpha value is 1.24. The second-order valence-electron chi connectivity index (χ2n) is 9.89. The molecule has 1 N–H and O–H groups in total. The summed E-state index contributed by atoms with van der Waals surface area (Å²) in [4.78, 5) is 0. The first kappa shape index (κ1) is 37.8. The Balaban J connectivity index is -0.000000924. The molecule has 0 amide bonds. The number of rotatable bonds is 15. The quantitative estimate of drug-likeness (QED) is 0.115. The predicted octanol–water partition coefficient (Wildman–Crippen LogP) is 9.25. The minimum atomic E-state index is -2.09. The second kappa shape index (κ2) is 25.3. The Morgan fingerprint density at radius 2 is 1.19 bits per heavy atom. The van der Waals surface area contributed by atoms with E-state index < -0.39 is 18.4 Å². The Kier molecular flexibility index (Phi) is 29.9. The van der Waals surface area contributed by atoms with E-state index in [9.17, 15) is 0 Å². The summed E-state index contributed by atoms with van der Waals surface area (Å²) in [5.74, 6) is 0.852. The van der Waals surface area contributed by atoms with Crippen molar-refractivity contribution in [2.75, 3.05) is 19.8 Å². The fraction of sp³-hybridized carbons (Fsp3) is 0.929. The van der Waals surface area contributed by atoms with Gasteiger partial charge in [-0.05, 0) is 0 Å². The van der Waals surface area contributed by atoms with Crippen LogP contribution in [0, 0.1) is 20.8 Å². The van der Waals surface area contributed by atoms with E-state index in [0.717, 1.165) is 29.5 Å². The Morgan fingerprint density at radius 3 is 1.59 bits per heavy atom. The third kappa shape index (κ3) is 15.3. The van der Waals surface area contributed by atoms with Crippen LogP contribution in [0.25, 0.3) is 0 Å². The maximum absolute atomic E-state index is 8.96. The van der Waals surface area contributed by atoms with Crippen LogP contribution in [0.3, 0.4) is 0 Å². The van der Waals surface area contributed by atoms with Gasteiger partial charge in [0, 0.05) is 0 Å². The Labute approximate surface area is 219 Å². The number of hydrogen-bond acceptors (Lipinski definition) is 2. The average molecular weight is 603 g/mol. The summed E-state index contributed by atoms with van der Waals surface area (Å²) >= 11 is -2.09. The van der Waals surface area contributed by atoms with Crippen LogP contribution in [-0.2, 0) is 21.8 Å². The Bertz CT molecular complexity index is 334. The molecule has 0 saturated heterocycles. The zero-order chi connectivity index (χ0) is 21.2. The monoisotopic (exact) mass is 604 g/mol. The zero-order valence-corrected chi connectivity index (χ0v) is 26.7. The Morgan fingerprint density at radius 1 is 0.719 bits per heavy atom. The molecule has 2 rings (SSSR count).